The topological polar surface area (TPSA) is 46.5 Å². The second-order valence-corrected chi connectivity index (χ2v) is 6.41. The van der Waals surface area contributed by atoms with Gasteiger partial charge in [-0.15, -0.1) is 0 Å². The highest BCUT2D eigenvalue weighted by molar-refractivity contribution is 7.85. The highest BCUT2D eigenvalue weighted by Crippen LogP contribution is 2.35. The van der Waals surface area contributed by atoms with Crippen molar-refractivity contribution < 1.29 is 22.8 Å². The molecule has 2 atom stereocenters. The minimum atomic E-state index is -3.97. The molecular weight excluding hydrogens is 322 g/mol. The maximum absolute atomic E-state index is 13.4. The summed E-state index contributed by atoms with van der Waals surface area (Å²) in [5.74, 6) is -0.740. The third-order valence-corrected chi connectivity index (χ3v) is 4.56. The summed E-state index contributed by atoms with van der Waals surface area (Å²) >= 11 is 4.95. The Kier molecular flexibility index (Phi) is 6.31. The number of aliphatic hydroxyl groups is 1. The summed E-state index contributed by atoms with van der Waals surface area (Å²) in [6.45, 7) is 3.76. The molecule has 0 radical (unpaired) electrons. The van der Waals surface area contributed by atoms with E-state index in [0.717, 1.165) is 17.9 Å². The Morgan fingerprint density at radius 3 is 2.43 bits per heavy atom. The van der Waals surface area contributed by atoms with E-state index in [9.17, 15) is 18.1 Å². The first-order valence-electron chi connectivity index (χ1n) is 6.23. The predicted molar refractivity (Wildman–Crippen MR) is 79.0 cm³/mol. The van der Waals surface area contributed by atoms with Crippen LogP contribution in [0.1, 0.15) is 12.5 Å². The van der Waals surface area contributed by atoms with Gasteiger partial charge in [-0.1, -0.05) is 17.7 Å². The second-order valence-electron chi connectivity index (χ2n) is 4.48. The van der Waals surface area contributed by atoms with Crippen LogP contribution in [0.3, 0.4) is 0 Å². The van der Waals surface area contributed by atoms with Crippen LogP contribution >= 0.6 is 11.6 Å². The van der Waals surface area contributed by atoms with Crippen LogP contribution in [0.25, 0.3) is 0 Å². The van der Waals surface area contributed by atoms with Gasteiger partial charge in [0.1, 0.15) is 0 Å². The molecular formula is C14H17ClF2O3S. The largest absolute Gasteiger partial charge is 0.502 e. The monoisotopic (exact) mass is 338 g/mol. The Bertz CT molecular complexity index is 514. The van der Waals surface area contributed by atoms with E-state index in [-0.39, 0.29) is 6.61 Å². The number of ether oxygens (including phenoxy) is 1. The standard InChI is InChI=1S/C14H17ClF2O3S/c1-3-20-9-8-13(18,14(15,16)17)10-21(19)12-6-4-11(2)5-7-12/h4-9,18H,3,10H2,1-2H3/b9-8+/t13-,21+/m0/s1. The van der Waals surface area contributed by atoms with E-state index < -0.39 is 27.5 Å². The fourth-order valence-corrected chi connectivity index (χ4v) is 2.95. The zero-order valence-electron chi connectivity index (χ0n) is 11.7. The summed E-state index contributed by atoms with van der Waals surface area (Å²) in [5, 5.41) is 6.05. The fourth-order valence-electron chi connectivity index (χ4n) is 1.45. The molecule has 21 heavy (non-hydrogen) atoms. The van der Waals surface area contributed by atoms with Crippen molar-refractivity contribution in [3.8, 4) is 0 Å². The van der Waals surface area contributed by atoms with Gasteiger partial charge in [0.2, 0.25) is 0 Å². The normalized spacial score (nSPS) is 16.7. The molecule has 0 saturated heterocycles. The Morgan fingerprint density at radius 1 is 1.38 bits per heavy atom. The number of hydrogen-bond donors (Lipinski definition) is 1. The van der Waals surface area contributed by atoms with Gasteiger partial charge in [-0.3, -0.25) is 4.21 Å². The van der Waals surface area contributed by atoms with Gasteiger partial charge >= 0.3 is 5.38 Å². The molecule has 0 aliphatic heterocycles. The molecule has 1 N–H and O–H groups in total. The molecule has 0 heterocycles. The summed E-state index contributed by atoms with van der Waals surface area (Å²) in [6, 6.07) is 6.54. The predicted octanol–water partition coefficient (Wildman–Crippen LogP) is 3.22. The highest BCUT2D eigenvalue weighted by Gasteiger charge is 2.51. The number of aryl methyl sites for hydroxylation is 1. The van der Waals surface area contributed by atoms with Crippen molar-refractivity contribution in [2.45, 2.75) is 29.7 Å². The molecule has 0 bridgehead atoms. The quantitative estimate of drug-likeness (QED) is 0.613. The van der Waals surface area contributed by atoms with Crippen molar-refractivity contribution in [2.75, 3.05) is 12.4 Å². The van der Waals surface area contributed by atoms with Crippen LogP contribution in [0.15, 0.2) is 41.5 Å². The molecule has 3 nitrogen and oxygen atoms in total. The molecule has 0 amide bonds. The van der Waals surface area contributed by atoms with E-state index in [4.69, 9.17) is 16.3 Å². The fraction of sp³-hybridized carbons (Fsp3) is 0.429. The molecule has 0 spiro atoms. The Balaban J connectivity index is 2.96. The first-order chi connectivity index (χ1) is 9.69. The van der Waals surface area contributed by atoms with E-state index in [1.807, 2.05) is 6.92 Å². The number of benzene rings is 1. The van der Waals surface area contributed by atoms with Gasteiger partial charge < -0.3 is 9.84 Å². The zero-order chi connectivity index (χ0) is 16.1. The number of halogens is 3. The van der Waals surface area contributed by atoms with E-state index in [1.165, 1.54) is 0 Å². The van der Waals surface area contributed by atoms with E-state index in [2.05, 4.69) is 0 Å². The third kappa shape index (κ3) is 5.05. The van der Waals surface area contributed by atoms with Crippen molar-refractivity contribution in [1.82, 2.24) is 0 Å². The maximum atomic E-state index is 13.4. The first kappa shape index (κ1) is 18.1. The van der Waals surface area contributed by atoms with Crippen molar-refractivity contribution in [3.63, 3.8) is 0 Å². The lowest BCUT2D eigenvalue weighted by molar-refractivity contribution is -0.0807. The summed E-state index contributed by atoms with van der Waals surface area (Å²) in [6.07, 6.45) is 1.66. The van der Waals surface area contributed by atoms with Gasteiger partial charge in [0, 0.05) is 4.90 Å². The van der Waals surface area contributed by atoms with Gasteiger partial charge in [0.05, 0.1) is 29.4 Å². The molecule has 0 unspecified atom stereocenters. The molecule has 1 rings (SSSR count). The zero-order valence-corrected chi connectivity index (χ0v) is 13.3. The van der Waals surface area contributed by atoms with Crippen LogP contribution < -0.4 is 0 Å². The van der Waals surface area contributed by atoms with Gasteiger partial charge in [-0.2, -0.15) is 8.78 Å². The Hall–Kier alpha value is -0.980. The molecule has 0 aliphatic carbocycles. The minimum absolute atomic E-state index is 0.251. The van der Waals surface area contributed by atoms with Crippen LogP contribution in [0.4, 0.5) is 8.78 Å². The lowest BCUT2D eigenvalue weighted by atomic mass is 10.1. The molecule has 1 aromatic rings. The number of hydrogen-bond acceptors (Lipinski definition) is 3. The smallest absolute Gasteiger partial charge is 0.354 e. The first-order valence-corrected chi connectivity index (χ1v) is 7.93. The van der Waals surface area contributed by atoms with Gasteiger partial charge in [0.25, 0.3) is 0 Å². The van der Waals surface area contributed by atoms with Gasteiger partial charge in [0.15, 0.2) is 5.60 Å². The molecule has 118 valence electrons. The van der Waals surface area contributed by atoms with Crippen molar-refractivity contribution in [1.29, 1.82) is 0 Å². The van der Waals surface area contributed by atoms with Crippen LogP contribution in [-0.2, 0) is 15.5 Å². The maximum Gasteiger partial charge on any atom is 0.354 e. The summed E-state index contributed by atoms with van der Waals surface area (Å²) in [5.41, 5.74) is -1.82. The summed E-state index contributed by atoms with van der Waals surface area (Å²) in [4.78, 5) is 0.338. The van der Waals surface area contributed by atoms with Crippen LogP contribution in [0.2, 0.25) is 0 Å². The Morgan fingerprint density at radius 2 is 1.95 bits per heavy atom. The lowest BCUT2D eigenvalue weighted by Gasteiger charge is -2.28. The average Bonchev–Trinajstić information content (AvgIpc) is 2.38. The molecule has 0 saturated carbocycles. The number of rotatable bonds is 7. The highest BCUT2D eigenvalue weighted by atomic mass is 35.5. The van der Waals surface area contributed by atoms with Crippen LogP contribution in [0, 0.1) is 6.92 Å². The van der Waals surface area contributed by atoms with E-state index >= 15 is 0 Å². The molecule has 0 aliphatic rings. The third-order valence-electron chi connectivity index (χ3n) is 2.73. The molecule has 0 aromatic heterocycles. The van der Waals surface area contributed by atoms with Gasteiger partial charge in [-0.25, -0.2) is 0 Å². The van der Waals surface area contributed by atoms with Crippen LogP contribution in [-0.4, -0.2) is 32.7 Å². The summed E-state index contributed by atoms with van der Waals surface area (Å²) < 4.78 is 43.8. The number of alkyl halides is 3. The van der Waals surface area contributed by atoms with Crippen molar-refractivity contribution in [3.05, 3.63) is 42.2 Å². The molecule has 1 aromatic carbocycles. The summed E-state index contributed by atoms with van der Waals surface area (Å²) in [7, 11) is -1.83. The molecule has 7 heteroatoms. The molecule has 0 fully saturated rings. The van der Waals surface area contributed by atoms with Gasteiger partial charge in [-0.05, 0) is 43.7 Å². The second kappa shape index (κ2) is 7.33. The average molecular weight is 339 g/mol. The van der Waals surface area contributed by atoms with Crippen molar-refractivity contribution in [2.24, 2.45) is 0 Å². The van der Waals surface area contributed by atoms with E-state index in [0.29, 0.717) is 4.90 Å². The SMILES string of the molecule is CCO/C=C/[C@](O)(C[S@@](=O)c1ccc(C)cc1)C(F)(F)Cl. The lowest BCUT2D eigenvalue weighted by Crippen LogP contribution is -2.47. The minimum Gasteiger partial charge on any atom is -0.502 e. The van der Waals surface area contributed by atoms with E-state index in [1.54, 1.807) is 31.2 Å². The van der Waals surface area contributed by atoms with Crippen LogP contribution in [0.5, 0.6) is 0 Å². The van der Waals surface area contributed by atoms with Crippen molar-refractivity contribution >= 4 is 22.4 Å². The Labute approximate surface area is 130 Å².